The minimum Gasteiger partial charge on any atom is -0.372 e. The highest BCUT2D eigenvalue weighted by molar-refractivity contribution is 5.42. The predicted molar refractivity (Wildman–Crippen MR) is 69.5 cm³/mol. The van der Waals surface area contributed by atoms with Gasteiger partial charge in [-0.1, -0.05) is 0 Å². The molecule has 0 saturated carbocycles. The monoisotopic (exact) mass is 261 g/mol. The fourth-order valence-electron chi connectivity index (χ4n) is 0.684. The number of aromatic amines is 2. The normalized spacial score (nSPS) is 7.37. The second kappa shape index (κ2) is 15.0. The molecule has 8 nitrogen and oxygen atoms in total. The smallest absolute Gasteiger partial charge is 0.204 e. The Kier molecular flexibility index (Phi) is 12.6. The molecule has 0 aliphatic heterocycles. The molecule has 0 fully saturated rings. The Hall–Kier alpha value is -3.03. The number of primary amides is 1. The van der Waals surface area contributed by atoms with Gasteiger partial charge in [0.1, 0.15) is 6.33 Å². The Morgan fingerprint density at radius 3 is 1.42 bits per heavy atom. The van der Waals surface area contributed by atoms with Crippen LogP contribution in [0.5, 0.6) is 0 Å². The molecule has 3 aromatic rings. The third-order valence-corrected chi connectivity index (χ3v) is 1.29. The van der Waals surface area contributed by atoms with E-state index in [0.717, 1.165) is 0 Å². The maximum atomic E-state index is 8.58. The van der Waals surface area contributed by atoms with Crippen molar-refractivity contribution < 1.29 is 4.79 Å². The zero-order valence-electron chi connectivity index (χ0n) is 10.1. The van der Waals surface area contributed by atoms with Crippen LogP contribution in [0.3, 0.4) is 0 Å². The van der Waals surface area contributed by atoms with Gasteiger partial charge in [-0.05, 0) is 18.2 Å². The van der Waals surface area contributed by atoms with Gasteiger partial charge in [-0.15, -0.1) is 0 Å². The summed E-state index contributed by atoms with van der Waals surface area (Å²) in [6.45, 7) is 0. The average molecular weight is 261 g/mol. The zero-order chi connectivity index (χ0) is 14.0. The van der Waals surface area contributed by atoms with Crippen LogP contribution in [0, 0.1) is 0 Å². The molecule has 19 heavy (non-hydrogen) atoms. The largest absolute Gasteiger partial charge is 0.372 e. The van der Waals surface area contributed by atoms with Crippen LogP contribution in [0.1, 0.15) is 0 Å². The van der Waals surface area contributed by atoms with Gasteiger partial charge in [0.25, 0.3) is 0 Å². The number of aromatic nitrogens is 6. The summed E-state index contributed by atoms with van der Waals surface area (Å²) in [7, 11) is 0. The van der Waals surface area contributed by atoms with Crippen LogP contribution in [0.25, 0.3) is 0 Å². The van der Waals surface area contributed by atoms with Crippen molar-refractivity contribution in [2.75, 3.05) is 0 Å². The SMILES string of the molecule is NC=O.c1cn[nH]c1.c1cn[nH]c1.c1cncnc1. The van der Waals surface area contributed by atoms with Crippen molar-refractivity contribution in [3.8, 4) is 0 Å². The number of carbonyl (C=O) groups excluding carboxylic acids is 1. The van der Waals surface area contributed by atoms with Crippen LogP contribution in [0.4, 0.5) is 0 Å². The molecule has 0 spiro atoms. The fourth-order valence-corrected chi connectivity index (χ4v) is 0.684. The van der Waals surface area contributed by atoms with Gasteiger partial charge in [0.05, 0.1) is 0 Å². The Balaban J connectivity index is 0.000000234. The minimum absolute atomic E-state index is 0.250. The van der Waals surface area contributed by atoms with Gasteiger partial charge >= 0.3 is 0 Å². The van der Waals surface area contributed by atoms with E-state index in [1.54, 1.807) is 43.2 Å². The number of nitrogens with one attached hydrogen (secondary N) is 2. The van der Waals surface area contributed by atoms with Crippen molar-refractivity contribution in [3.63, 3.8) is 0 Å². The molecule has 0 unspecified atom stereocenters. The van der Waals surface area contributed by atoms with E-state index >= 15 is 0 Å². The molecule has 0 bridgehead atoms. The third kappa shape index (κ3) is 15.0. The molecule has 0 radical (unpaired) electrons. The van der Waals surface area contributed by atoms with Crippen LogP contribution in [-0.2, 0) is 4.79 Å². The van der Waals surface area contributed by atoms with Crippen LogP contribution in [-0.4, -0.2) is 36.8 Å². The fraction of sp³-hybridized carbons (Fsp3) is 0. The number of hydrogen-bond acceptors (Lipinski definition) is 5. The molecule has 3 aromatic heterocycles. The lowest BCUT2D eigenvalue weighted by Gasteiger charge is -1.70. The molecular formula is C11H15N7O. The van der Waals surface area contributed by atoms with Crippen LogP contribution < -0.4 is 5.73 Å². The predicted octanol–water partition coefficient (Wildman–Crippen LogP) is 0.397. The lowest BCUT2D eigenvalue weighted by Crippen LogP contribution is -1.82. The summed E-state index contributed by atoms with van der Waals surface area (Å²) in [5.74, 6) is 0. The van der Waals surface area contributed by atoms with Gasteiger partial charge < -0.3 is 5.73 Å². The van der Waals surface area contributed by atoms with E-state index in [4.69, 9.17) is 4.79 Å². The van der Waals surface area contributed by atoms with Gasteiger partial charge in [0, 0.05) is 37.2 Å². The molecule has 3 heterocycles. The first-order chi connectivity index (χ1) is 9.41. The summed E-state index contributed by atoms with van der Waals surface area (Å²) in [4.78, 5) is 15.9. The number of rotatable bonds is 0. The van der Waals surface area contributed by atoms with Crippen LogP contribution in [0.2, 0.25) is 0 Å². The summed E-state index contributed by atoms with van der Waals surface area (Å²) >= 11 is 0. The first-order valence-corrected chi connectivity index (χ1v) is 5.14. The van der Waals surface area contributed by atoms with Crippen molar-refractivity contribution in [1.82, 2.24) is 30.4 Å². The van der Waals surface area contributed by atoms with E-state index in [9.17, 15) is 0 Å². The minimum atomic E-state index is 0.250. The maximum Gasteiger partial charge on any atom is 0.204 e. The summed E-state index contributed by atoms with van der Waals surface area (Å²) in [6.07, 6.45) is 12.0. The van der Waals surface area contributed by atoms with Crippen molar-refractivity contribution >= 4 is 6.41 Å². The third-order valence-electron chi connectivity index (χ3n) is 1.29. The second-order valence-corrected chi connectivity index (χ2v) is 2.57. The number of nitrogens with two attached hydrogens (primary N) is 1. The highest BCUT2D eigenvalue weighted by Gasteiger charge is 1.59. The van der Waals surface area contributed by atoms with E-state index in [-0.39, 0.29) is 6.41 Å². The van der Waals surface area contributed by atoms with E-state index in [0.29, 0.717) is 0 Å². The van der Waals surface area contributed by atoms with Gasteiger partial charge in [-0.3, -0.25) is 15.0 Å². The maximum absolute atomic E-state index is 8.58. The lowest BCUT2D eigenvalue weighted by atomic mass is 10.7. The summed E-state index contributed by atoms with van der Waals surface area (Å²) in [5, 5.41) is 12.4. The molecular weight excluding hydrogens is 246 g/mol. The van der Waals surface area contributed by atoms with Crippen LogP contribution in [0.15, 0.2) is 61.7 Å². The first kappa shape index (κ1) is 16.0. The molecule has 0 saturated heterocycles. The Morgan fingerprint density at radius 1 is 0.842 bits per heavy atom. The van der Waals surface area contributed by atoms with E-state index < -0.39 is 0 Å². The van der Waals surface area contributed by atoms with Gasteiger partial charge in [0.15, 0.2) is 0 Å². The summed E-state index contributed by atoms with van der Waals surface area (Å²) in [6, 6.07) is 5.44. The van der Waals surface area contributed by atoms with Crippen molar-refractivity contribution in [1.29, 1.82) is 0 Å². The Morgan fingerprint density at radius 2 is 1.32 bits per heavy atom. The highest BCUT2D eigenvalue weighted by atomic mass is 16.1. The van der Waals surface area contributed by atoms with Crippen molar-refractivity contribution in [2.24, 2.45) is 5.73 Å². The van der Waals surface area contributed by atoms with E-state index in [1.165, 1.54) is 6.33 Å². The molecule has 8 heteroatoms. The van der Waals surface area contributed by atoms with Crippen LogP contribution >= 0.6 is 0 Å². The molecule has 4 N–H and O–H groups in total. The van der Waals surface area contributed by atoms with Crippen molar-refractivity contribution in [2.45, 2.75) is 0 Å². The number of amides is 1. The van der Waals surface area contributed by atoms with Gasteiger partial charge in [-0.25, -0.2) is 9.97 Å². The average Bonchev–Trinajstić information content (AvgIpc) is 3.20. The number of carbonyl (C=O) groups is 1. The Labute approximate surface area is 110 Å². The first-order valence-electron chi connectivity index (χ1n) is 5.14. The van der Waals surface area contributed by atoms with E-state index in [2.05, 4.69) is 36.1 Å². The van der Waals surface area contributed by atoms with Gasteiger partial charge in [0.2, 0.25) is 6.41 Å². The van der Waals surface area contributed by atoms with Crippen molar-refractivity contribution in [3.05, 3.63) is 61.7 Å². The second-order valence-electron chi connectivity index (χ2n) is 2.57. The molecule has 3 rings (SSSR count). The molecule has 100 valence electrons. The quantitative estimate of drug-likeness (QED) is 0.505. The number of hydrogen-bond donors (Lipinski definition) is 3. The number of nitrogens with zero attached hydrogens (tertiary/aromatic N) is 4. The number of H-pyrrole nitrogens is 2. The Bertz CT molecular complexity index is 354. The molecule has 0 atom stereocenters. The molecule has 0 aromatic carbocycles. The van der Waals surface area contributed by atoms with Gasteiger partial charge in [-0.2, -0.15) is 10.2 Å². The molecule has 0 aliphatic carbocycles. The summed E-state index contributed by atoms with van der Waals surface area (Å²) < 4.78 is 0. The lowest BCUT2D eigenvalue weighted by molar-refractivity contribution is -0.106. The molecule has 1 amide bonds. The highest BCUT2D eigenvalue weighted by Crippen LogP contribution is 1.66. The summed E-state index contributed by atoms with van der Waals surface area (Å²) in [5.41, 5.74) is 4.17. The van der Waals surface area contributed by atoms with E-state index in [1.807, 2.05) is 12.1 Å². The molecule has 0 aliphatic rings. The standard InChI is InChI=1S/C4H4N2.2C3H4N2.CH3NO/c1-2-5-4-6-3-1;2*1-2-4-5-3-1;2-1-3/h1-4H;2*1-3H,(H,4,5);1H,(H2,2,3). The topological polar surface area (TPSA) is 126 Å². The zero-order valence-corrected chi connectivity index (χ0v) is 10.1.